The summed E-state index contributed by atoms with van der Waals surface area (Å²) in [5.74, 6) is 0.592. The first kappa shape index (κ1) is 20.7. The fraction of sp³-hybridized carbons (Fsp3) is 0.129. The molecule has 0 saturated heterocycles. The molecule has 0 amide bonds. The lowest BCUT2D eigenvalue weighted by molar-refractivity contribution is -0.571. The molecule has 0 aliphatic heterocycles. The van der Waals surface area contributed by atoms with Crippen LogP contribution in [0.3, 0.4) is 0 Å². The quantitative estimate of drug-likeness (QED) is 0.113. The van der Waals surface area contributed by atoms with Crippen LogP contribution in [0.2, 0.25) is 0 Å². The average Bonchev–Trinajstić information content (AvgIpc) is 1.50. The highest BCUT2D eigenvalue weighted by Gasteiger charge is 2.42. The maximum Gasteiger partial charge on any atom is 0.269 e. The van der Waals surface area contributed by atoms with Crippen molar-refractivity contribution in [3.05, 3.63) is 223 Å². The van der Waals surface area contributed by atoms with E-state index in [0.29, 0.717) is 27.6 Å². The molecule has 3 heterocycles. The monoisotopic (exact) mass is 895 g/mol. The summed E-state index contributed by atoms with van der Waals surface area (Å²) in [6.07, 6.45) is 2.80. The van der Waals surface area contributed by atoms with Crippen LogP contribution in [0.25, 0.3) is 83.4 Å². The number of pyridine rings is 1. The van der Waals surface area contributed by atoms with E-state index in [9.17, 15) is 6.85 Å². The highest BCUT2D eigenvalue weighted by atomic mass is 16.5. The van der Waals surface area contributed by atoms with Gasteiger partial charge in [0, 0.05) is 49.2 Å². The summed E-state index contributed by atoms with van der Waals surface area (Å²) in [5.41, 5.74) is -9.88. The van der Waals surface area contributed by atoms with E-state index in [0.717, 1.165) is 5.39 Å². The van der Waals surface area contributed by atoms with Gasteiger partial charge in [0.25, 0.3) is 6.33 Å². The number of hydrogen-bond acceptors (Lipinski definition) is 2. The number of aryl methyl sites for hydroxylation is 1. The molecule has 5 heteroatoms. The van der Waals surface area contributed by atoms with E-state index in [1.165, 1.54) is 35.0 Å². The first-order chi connectivity index (χ1) is 44.2. The van der Waals surface area contributed by atoms with Crippen LogP contribution in [0, 0.1) is 13.2 Å². The number of rotatable bonds is 8. The summed E-state index contributed by atoms with van der Waals surface area (Å²) in [5, 5.41) is 1.43. The van der Waals surface area contributed by atoms with Crippen molar-refractivity contribution in [2.24, 2.45) is 0 Å². The van der Waals surface area contributed by atoms with Crippen LogP contribution >= 0.6 is 0 Å². The molecule has 8 aromatic carbocycles. The van der Waals surface area contributed by atoms with Crippen LogP contribution in [0.4, 0.5) is 0 Å². The predicted molar refractivity (Wildman–Crippen MR) is 274 cm³/mol. The molecule has 5 nitrogen and oxygen atoms in total. The largest absolute Gasteiger partial charge is 0.458 e. The number of para-hydroxylation sites is 4. The van der Waals surface area contributed by atoms with Gasteiger partial charge in [-0.05, 0) is 111 Å². The van der Waals surface area contributed by atoms with Crippen LogP contribution in [0.5, 0.6) is 11.5 Å². The van der Waals surface area contributed by atoms with Crippen molar-refractivity contribution in [2.75, 3.05) is 0 Å². The third-order valence-electron chi connectivity index (χ3n) is 11.9. The second-order valence-electron chi connectivity index (χ2n) is 16.2. The predicted octanol–water partition coefficient (Wildman–Crippen LogP) is 15.3. The van der Waals surface area contributed by atoms with E-state index >= 15 is 0 Å². The molecule has 67 heavy (non-hydrogen) atoms. The van der Waals surface area contributed by atoms with Gasteiger partial charge in [-0.1, -0.05) is 173 Å². The Morgan fingerprint density at radius 1 is 0.612 bits per heavy atom. The topological polar surface area (TPSA) is 35.9 Å². The lowest BCUT2D eigenvalue weighted by atomic mass is 9.82. The van der Waals surface area contributed by atoms with E-state index < -0.39 is 152 Å². The Morgan fingerprint density at radius 2 is 1.30 bits per heavy atom. The Kier molecular flexibility index (Phi) is 4.80. The van der Waals surface area contributed by atoms with Gasteiger partial charge < -0.3 is 4.74 Å². The van der Waals surface area contributed by atoms with Crippen LogP contribution < -0.4 is 9.30 Å². The summed E-state index contributed by atoms with van der Waals surface area (Å²) in [6.45, 7) is -18.0. The lowest BCUT2D eigenvalue weighted by Gasteiger charge is -2.22. The summed E-state index contributed by atoms with van der Waals surface area (Å²) in [6, 6.07) is 20.5. The maximum atomic E-state index is 10.0. The Bertz CT molecular complexity index is 4990. The minimum Gasteiger partial charge on any atom is -0.458 e. The number of ether oxygens (including phenoxy) is 1. The zero-order valence-corrected chi connectivity index (χ0v) is 35.0. The third-order valence-corrected chi connectivity index (χ3v) is 11.9. The van der Waals surface area contributed by atoms with Gasteiger partial charge in [-0.25, -0.2) is 4.98 Å². The number of benzene rings is 8. The number of nitrogens with zero attached hydrogens (tertiary/aromatic N) is 4. The van der Waals surface area contributed by atoms with Crippen molar-refractivity contribution in [1.29, 1.82) is 0 Å². The SMILES string of the molecule is [2H]c1c([2H])c([2H])c(-c2cnc(-n3c4ccccc4c4ccc(Oc5cccc(-n6[c-][n+](-c7c(-c8c([2H])c([2H])c([2H])c([2H])c8[2H])cccc7-c7c([2H])c([2H])c8c(c7[2H])C(C([2H])([2H])[2H])(C([2H])([2H])[2H])CC8(C([2H])([2H])[2H])C([2H])([2H])[2H])c7ccccc76)c5)cc43)cc2C([2H])([2H])[2H])c([2H])c1[2H]. The molecule has 0 spiro atoms. The molecular weight excluding hydrogens is 817 g/mol. The molecule has 324 valence electrons. The number of hydrogen-bond donors (Lipinski definition) is 0. The van der Waals surface area contributed by atoms with Crippen molar-refractivity contribution in [3.8, 4) is 62.1 Å². The van der Waals surface area contributed by atoms with E-state index in [4.69, 9.17) is 36.3 Å². The number of imidazole rings is 1. The first-order valence-corrected chi connectivity index (χ1v) is 20.9. The average molecular weight is 895 g/mol. The van der Waals surface area contributed by atoms with Crippen LogP contribution in [0.1, 0.15) is 88.9 Å². The van der Waals surface area contributed by atoms with Crippen molar-refractivity contribution in [1.82, 2.24) is 14.1 Å². The number of aromatic nitrogens is 4. The van der Waals surface area contributed by atoms with Crippen molar-refractivity contribution in [2.45, 2.75) is 51.5 Å². The highest BCUT2D eigenvalue weighted by Crippen LogP contribution is 2.50. The van der Waals surface area contributed by atoms with Gasteiger partial charge >= 0.3 is 0 Å². The van der Waals surface area contributed by atoms with Gasteiger partial charge in [0.15, 0.2) is 0 Å². The third kappa shape index (κ3) is 6.84. The van der Waals surface area contributed by atoms with E-state index in [1.54, 1.807) is 88.0 Å². The molecule has 0 bridgehead atoms. The molecule has 12 rings (SSSR count). The molecule has 1 aliphatic rings. The van der Waals surface area contributed by atoms with Crippen LogP contribution in [0.15, 0.2) is 200 Å². The van der Waals surface area contributed by atoms with Gasteiger partial charge in [0.1, 0.15) is 17.3 Å². The minimum absolute atomic E-state index is 0.106. The molecular formula is C62H50N4O. The second kappa shape index (κ2) is 15.6. The second-order valence-corrected chi connectivity index (χ2v) is 16.2. The Morgan fingerprint density at radius 3 is 2.09 bits per heavy atom. The van der Waals surface area contributed by atoms with Gasteiger partial charge in [-0.3, -0.25) is 13.7 Å². The molecule has 0 atom stereocenters. The molecule has 0 saturated carbocycles. The molecule has 3 aromatic heterocycles. The standard InChI is InChI=1S/C62H50N4O/c1-41-34-59(63-38-52(41)43-20-10-7-11-21-43)66-55-27-13-12-24-50(55)51-32-31-47(37-58(51)66)67-46-23-16-22-45(36-46)64-40-65(57-29-15-14-28-56(57)64)60-48(42-18-8-6-9-19-42)25-17-26-49(60)44-30-33-53-54(35-44)62(4,5)39-61(53,2)3/h6-38H,39H2,1-5H3/i1D3,2D3,3D3,4D3,5D3,6D,7D,8D,9D,10D,11D,18D,19D,20D,21D,30D,33D,35D. The van der Waals surface area contributed by atoms with E-state index in [2.05, 4.69) is 11.3 Å². The van der Waals surface area contributed by atoms with Gasteiger partial charge in [0.05, 0.1) is 51.3 Å². The Hall–Kier alpha value is -8.02. The first-order valence-electron chi connectivity index (χ1n) is 34.9. The fourth-order valence-electron chi connectivity index (χ4n) is 8.98. The highest BCUT2D eigenvalue weighted by molar-refractivity contribution is 6.09. The smallest absolute Gasteiger partial charge is 0.269 e. The molecule has 1 aliphatic carbocycles. The summed E-state index contributed by atoms with van der Waals surface area (Å²) in [7, 11) is 0. The number of fused-ring (bicyclic) bond motifs is 5. The van der Waals surface area contributed by atoms with Crippen molar-refractivity contribution >= 4 is 32.8 Å². The summed E-state index contributed by atoms with van der Waals surface area (Å²) < 4.78 is 258. The lowest BCUT2D eigenvalue weighted by Crippen LogP contribution is -2.31. The van der Waals surface area contributed by atoms with Gasteiger partial charge in [0.2, 0.25) is 0 Å². The molecule has 0 N–H and O–H groups in total. The normalized spacial score (nSPS) is 20.9. The van der Waals surface area contributed by atoms with Crippen molar-refractivity contribution in [3.63, 3.8) is 0 Å². The van der Waals surface area contributed by atoms with Crippen LogP contribution in [-0.2, 0) is 10.8 Å². The molecule has 0 fully saturated rings. The molecule has 0 radical (unpaired) electrons. The van der Waals surface area contributed by atoms with E-state index in [-0.39, 0.29) is 56.3 Å². The molecule has 11 aromatic rings. The van der Waals surface area contributed by atoms with Crippen molar-refractivity contribution < 1.29 is 47.7 Å². The Balaban J connectivity index is 1.06. The summed E-state index contributed by atoms with van der Waals surface area (Å²) in [4.78, 5) is 4.66. The zero-order chi connectivity index (χ0) is 69.3. The Labute approximate surface area is 431 Å². The summed E-state index contributed by atoms with van der Waals surface area (Å²) >= 11 is 0. The van der Waals surface area contributed by atoms with Gasteiger partial charge in [-0.15, -0.1) is 0 Å². The van der Waals surface area contributed by atoms with Gasteiger partial charge in [-0.2, -0.15) is 0 Å². The van der Waals surface area contributed by atoms with Crippen LogP contribution in [-0.4, -0.2) is 14.1 Å². The zero-order valence-electron chi connectivity index (χ0n) is 63.0. The maximum absolute atomic E-state index is 10.0. The molecule has 0 unspecified atom stereocenters. The fourth-order valence-corrected chi connectivity index (χ4v) is 8.98. The van der Waals surface area contributed by atoms with E-state index in [1.807, 2.05) is 12.1 Å². The minimum atomic E-state index is -3.81.